The molecule has 1 atom stereocenters. The van der Waals surface area contributed by atoms with Crippen LogP contribution in [0.3, 0.4) is 0 Å². The van der Waals surface area contributed by atoms with Gasteiger partial charge < -0.3 is 4.90 Å². The molecule has 0 radical (unpaired) electrons. The molecule has 0 saturated carbocycles. The van der Waals surface area contributed by atoms with Crippen LogP contribution in [-0.2, 0) is 13.1 Å². The van der Waals surface area contributed by atoms with Gasteiger partial charge in [-0.25, -0.2) is 0 Å². The molecule has 3 heterocycles. The molecule has 1 fully saturated rings. The highest BCUT2D eigenvalue weighted by molar-refractivity contribution is 7.10. The zero-order valence-corrected chi connectivity index (χ0v) is 14.3. The maximum atomic E-state index is 8.91. The first-order valence-corrected chi connectivity index (χ1v) is 8.88. The van der Waals surface area contributed by atoms with Crippen LogP contribution in [0.2, 0.25) is 0 Å². The summed E-state index contributed by atoms with van der Waals surface area (Å²) in [6.45, 7) is 5.37. The molecule has 120 valence electrons. The highest BCUT2D eigenvalue weighted by Crippen LogP contribution is 2.22. The van der Waals surface area contributed by atoms with Crippen molar-refractivity contribution in [3.8, 4) is 6.07 Å². The van der Waals surface area contributed by atoms with Gasteiger partial charge in [-0.2, -0.15) is 5.26 Å². The van der Waals surface area contributed by atoms with Crippen LogP contribution in [0.15, 0.2) is 36.0 Å². The van der Waals surface area contributed by atoms with Crippen molar-refractivity contribution in [1.82, 2.24) is 14.8 Å². The number of thiophene rings is 1. The van der Waals surface area contributed by atoms with Crippen molar-refractivity contribution in [3.05, 3.63) is 52.0 Å². The van der Waals surface area contributed by atoms with Crippen LogP contribution in [0.25, 0.3) is 0 Å². The van der Waals surface area contributed by atoms with Crippen LogP contribution < -0.4 is 0 Å². The van der Waals surface area contributed by atoms with Gasteiger partial charge in [0.05, 0.1) is 5.56 Å². The zero-order valence-electron chi connectivity index (χ0n) is 13.5. The average molecular weight is 326 g/mol. The predicted octanol–water partition coefficient (Wildman–Crippen LogP) is 2.97. The maximum Gasteiger partial charge on any atom is 0.100 e. The van der Waals surface area contributed by atoms with Gasteiger partial charge in [-0.1, -0.05) is 6.07 Å². The van der Waals surface area contributed by atoms with E-state index in [4.69, 9.17) is 5.26 Å². The summed E-state index contributed by atoms with van der Waals surface area (Å²) in [7, 11) is 2.19. The van der Waals surface area contributed by atoms with E-state index in [0.717, 1.165) is 44.2 Å². The molecule has 0 bridgehead atoms. The molecule has 5 heteroatoms. The van der Waals surface area contributed by atoms with E-state index in [2.05, 4.69) is 34.0 Å². The van der Waals surface area contributed by atoms with Crippen LogP contribution in [-0.4, -0.2) is 41.5 Å². The Labute approximate surface area is 142 Å². The first-order valence-electron chi connectivity index (χ1n) is 8.00. The lowest BCUT2D eigenvalue weighted by Crippen LogP contribution is -2.27. The third-order valence-electron chi connectivity index (χ3n) is 4.28. The zero-order chi connectivity index (χ0) is 16.1. The molecule has 0 spiro atoms. The largest absolute Gasteiger partial charge is 0.302 e. The van der Waals surface area contributed by atoms with Gasteiger partial charge in [0.25, 0.3) is 0 Å². The minimum absolute atomic E-state index is 0.729. The van der Waals surface area contributed by atoms with E-state index in [9.17, 15) is 0 Å². The van der Waals surface area contributed by atoms with Crippen LogP contribution in [0.4, 0.5) is 0 Å². The third kappa shape index (κ3) is 4.61. The van der Waals surface area contributed by atoms with E-state index < -0.39 is 0 Å². The second-order valence-electron chi connectivity index (χ2n) is 6.36. The van der Waals surface area contributed by atoms with Gasteiger partial charge in [-0.3, -0.25) is 9.88 Å². The predicted molar refractivity (Wildman–Crippen MR) is 93.0 cm³/mol. The first-order chi connectivity index (χ1) is 11.2. The van der Waals surface area contributed by atoms with E-state index in [1.165, 1.54) is 16.9 Å². The summed E-state index contributed by atoms with van der Waals surface area (Å²) >= 11 is 1.70. The summed E-state index contributed by atoms with van der Waals surface area (Å²) in [6.07, 6.45) is 5.02. The number of hydrogen-bond donors (Lipinski definition) is 0. The summed E-state index contributed by atoms with van der Waals surface area (Å²) in [5.41, 5.74) is 2.06. The second-order valence-corrected chi connectivity index (χ2v) is 7.36. The first kappa shape index (κ1) is 16.1. The Morgan fingerprint density at radius 2 is 2.43 bits per heavy atom. The fourth-order valence-electron chi connectivity index (χ4n) is 3.26. The van der Waals surface area contributed by atoms with Gasteiger partial charge in [-0.05, 0) is 43.6 Å². The highest BCUT2D eigenvalue weighted by atomic mass is 32.1. The minimum Gasteiger partial charge on any atom is -0.302 e. The average Bonchev–Trinajstić information content (AvgIpc) is 3.18. The normalized spacial score (nSPS) is 18.4. The van der Waals surface area contributed by atoms with E-state index in [0.29, 0.717) is 0 Å². The van der Waals surface area contributed by atoms with E-state index in [-0.39, 0.29) is 0 Å². The molecular formula is C18H22N4S. The van der Waals surface area contributed by atoms with Crippen molar-refractivity contribution in [2.24, 2.45) is 5.92 Å². The number of rotatable bonds is 6. The van der Waals surface area contributed by atoms with Crippen molar-refractivity contribution in [2.45, 2.75) is 19.5 Å². The minimum atomic E-state index is 0.729. The van der Waals surface area contributed by atoms with E-state index >= 15 is 0 Å². The van der Waals surface area contributed by atoms with Gasteiger partial charge >= 0.3 is 0 Å². The highest BCUT2D eigenvalue weighted by Gasteiger charge is 2.23. The van der Waals surface area contributed by atoms with Crippen molar-refractivity contribution >= 4 is 11.3 Å². The van der Waals surface area contributed by atoms with Gasteiger partial charge in [0, 0.05) is 48.8 Å². The molecule has 0 amide bonds. The molecule has 0 aromatic carbocycles. The quantitative estimate of drug-likeness (QED) is 0.818. The van der Waals surface area contributed by atoms with E-state index in [1.807, 2.05) is 29.9 Å². The molecule has 0 N–H and O–H groups in total. The second kappa shape index (κ2) is 7.69. The molecule has 2 aromatic rings. The number of nitrogens with zero attached hydrogens (tertiary/aromatic N) is 4. The summed E-state index contributed by atoms with van der Waals surface area (Å²) < 4.78 is 0. The Morgan fingerprint density at radius 1 is 1.52 bits per heavy atom. The number of hydrogen-bond acceptors (Lipinski definition) is 5. The number of aromatic nitrogens is 1. The van der Waals surface area contributed by atoms with Gasteiger partial charge in [-0.15, -0.1) is 11.3 Å². The van der Waals surface area contributed by atoms with Crippen molar-refractivity contribution in [1.29, 1.82) is 5.26 Å². The Bertz CT molecular complexity index is 661. The summed E-state index contributed by atoms with van der Waals surface area (Å²) in [4.78, 5) is 10.4. The fourth-order valence-corrected chi connectivity index (χ4v) is 4.11. The maximum absolute atomic E-state index is 8.91. The Hall–Kier alpha value is -1.74. The lowest BCUT2D eigenvalue weighted by molar-refractivity contribution is 0.255. The lowest BCUT2D eigenvalue weighted by atomic mass is 10.1. The molecule has 23 heavy (non-hydrogen) atoms. The Balaban J connectivity index is 1.45. The molecular weight excluding hydrogens is 304 g/mol. The van der Waals surface area contributed by atoms with Gasteiger partial charge in [0.2, 0.25) is 0 Å². The molecule has 1 aliphatic rings. The molecule has 1 unspecified atom stereocenters. The van der Waals surface area contributed by atoms with Crippen LogP contribution in [0.1, 0.15) is 22.4 Å². The van der Waals surface area contributed by atoms with Gasteiger partial charge in [0.15, 0.2) is 0 Å². The molecule has 0 aliphatic carbocycles. The molecule has 1 aliphatic heterocycles. The summed E-state index contributed by atoms with van der Waals surface area (Å²) in [5, 5.41) is 10.9. The Morgan fingerprint density at radius 3 is 3.17 bits per heavy atom. The monoisotopic (exact) mass is 326 g/mol. The van der Waals surface area contributed by atoms with Crippen LogP contribution in [0.5, 0.6) is 0 Å². The standard InChI is InChI=1S/C18H22N4S/c1-21(10-15-3-2-5-20-9-15)11-16-4-6-22(12-16)13-18-7-17(8-19)14-23-18/h2-3,5,7,9,14,16H,4,6,10-13H2,1H3. The number of nitriles is 1. The van der Waals surface area contributed by atoms with Gasteiger partial charge in [0.1, 0.15) is 6.07 Å². The number of likely N-dealkylation sites (tertiary alicyclic amines) is 1. The summed E-state index contributed by atoms with van der Waals surface area (Å²) in [5.74, 6) is 0.729. The smallest absolute Gasteiger partial charge is 0.100 e. The third-order valence-corrected chi connectivity index (χ3v) is 5.20. The molecule has 3 rings (SSSR count). The van der Waals surface area contributed by atoms with Crippen molar-refractivity contribution < 1.29 is 0 Å². The topological polar surface area (TPSA) is 43.2 Å². The van der Waals surface area contributed by atoms with Crippen molar-refractivity contribution in [2.75, 3.05) is 26.7 Å². The molecule has 1 saturated heterocycles. The molecule has 2 aromatic heterocycles. The SMILES string of the molecule is CN(Cc1cccnc1)CC1CCN(Cc2cc(C#N)cs2)C1. The van der Waals surface area contributed by atoms with Crippen LogP contribution >= 0.6 is 11.3 Å². The van der Waals surface area contributed by atoms with E-state index in [1.54, 1.807) is 11.3 Å². The molecule has 4 nitrogen and oxygen atoms in total. The van der Waals surface area contributed by atoms with Crippen molar-refractivity contribution in [3.63, 3.8) is 0 Å². The van der Waals surface area contributed by atoms with Crippen LogP contribution in [0, 0.1) is 17.2 Å². The number of pyridine rings is 1. The fraction of sp³-hybridized carbons (Fsp3) is 0.444. The Kier molecular flexibility index (Phi) is 5.39. The summed E-state index contributed by atoms with van der Waals surface area (Å²) in [6, 6.07) is 8.36. The lowest BCUT2D eigenvalue weighted by Gasteiger charge is -2.21.